The predicted octanol–water partition coefficient (Wildman–Crippen LogP) is 3.24. The van der Waals surface area contributed by atoms with Crippen LogP contribution >= 0.6 is 35.0 Å². The third kappa shape index (κ3) is 2.61. The second-order valence-electron chi connectivity index (χ2n) is 4.56. The van der Waals surface area contributed by atoms with Crippen LogP contribution in [-0.2, 0) is 5.54 Å². The maximum atomic E-state index is 13.0. The zero-order valence-electron chi connectivity index (χ0n) is 9.90. The van der Waals surface area contributed by atoms with Crippen LogP contribution in [0.4, 0.5) is 4.39 Å². The van der Waals surface area contributed by atoms with Gasteiger partial charge in [0.2, 0.25) is 0 Å². The summed E-state index contributed by atoms with van der Waals surface area (Å²) in [5.74, 6) is 0.659. The van der Waals surface area contributed by atoms with E-state index in [4.69, 9.17) is 10.3 Å². The normalized spacial score (nSPS) is 16.6. The fraction of sp³-hybridized carbons (Fsp3) is 0.333. The maximum Gasteiger partial charge on any atom is 0.259 e. The topological polar surface area (TPSA) is 64.9 Å². The van der Waals surface area contributed by atoms with Gasteiger partial charge >= 0.3 is 0 Å². The van der Waals surface area contributed by atoms with Crippen molar-refractivity contribution in [2.24, 2.45) is 5.73 Å². The molecule has 0 atom stereocenters. The molecule has 2 N–H and O–H groups in total. The minimum Gasteiger partial charge on any atom is -0.334 e. The zero-order valence-corrected chi connectivity index (χ0v) is 12.9. The van der Waals surface area contributed by atoms with E-state index in [1.807, 2.05) is 22.6 Å². The molecule has 1 aliphatic carbocycles. The van der Waals surface area contributed by atoms with Crippen molar-refractivity contribution in [3.05, 3.63) is 33.4 Å². The lowest BCUT2D eigenvalue weighted by molar-refractivity contribution is 0.229. The van der Waals surface area contributed by atoms with Gasteiger partial charge in [-0.25, -0.2) is 4.39 Å². The van der Waals surface area contributed by atoms with Gasteiger partial charge in [0, 0.05) is 3.57 Å². The number of benzene rings is 1. The summed E-state index contributed by atoms with van der Waals surface area (Å²) in [6.07, 6.45) is 2.85. The zero-order chi connectivity index (χ0) is 12.8. The van der Waals surface area contributed by atoms with E-state index in [1.165, 1.54) is 12.1 Å². The van der Waals surface area contributed by atoms with Crippen molar-refractivity contribution in [2.45, 2.75) is 24.8 Å². The summed E-state index contributed by atoms with van der Waals surface area (Å²) in [4.78, 5) is 4.33. The SMILES string of the molecule is Cl.NC1(c2noc(-c3ccc(F)cc3I)n2)CCC1. The predicted molar refractivity (Wildman–Crippen MR) is 79.4 cm³/mol. The molecule has 1 saturated carbocycles. The van der Waals surface area contributed by atoms with E-state index < -0.39 is 5.54 Å². The number of nitrogens with zero attached hydrogens (tertiary/aromatic N) is 2. The van der Waals surface area contributed by atoms with Crippen molar-refractivity contribution in [2.75, 3.05) is 0 Å². The molecule has 4 nitrogen and oxygen atoms in total. The van der Waals surface area contributed by atoms with Crippen LogP contribution in [-0.4, -0.2) is 10.1 Å². The molecule has 1 heterocycles. The summed E-state index contributed by atoms with van der Waals surface area (Å²) in [7, 11) is 0. The van der Waals surface area contributed by atoms with Crippen molar-refractivity contribution >= 4 is 35.0 Å². The molecular weight excluding hydrogens is 384 g/mol. The summed E-state index contributed by atoms with van der Waals surface area (Å²) >= 11 is 2.04. The quantitative estimate of drug-likeness (QED) is 0.793. The van der Waals surface area contributed by atoms with E-state index in [0.717, 1.165) is 28.4 Å². The molecule has 7 heteroatoms. The van der Waals surface area contributed by atoms with Gasteiger partial charge in [-0.1, -0.05) is 5.16 Å². The highest BCUT2D eigenvalue weighted by atomic mass is 127. The van der Waals surface area contributed by atoms with Gasteiger partial charge in [0.15, 0.2) is 5.82 Å². The van der Waals surface area contributed by atoms with Crippen LogP contribution in [0.25, 0.3) is 11.5 Å². The van der Waals surface area contributed by atoms with Crippen LogP contribution in [0.2, 0.25) is 0 Å². The maximum absolute atomic E-state index is 13.0. The highest BCUT2D eigenvalue weighted by molar-refractivity contribution is 14.1. The number of rotatable bonds is 2. The third-order valence-corrected chi connectivity index (χ3v) is 4.17. The molecule has 1 aliphatic rings. The van der Waals surface area contributed by atoms with Crippen molar-refractivity contribution in [3.8, 4) is 11.5 Å². The van der Waals surface area contributed by atoms with Crippen LogP contribution in [0.15, 0.2) is 22.7 Å². The van der Waals surface area contributed by atoms with E-state index in [0.29, 0.717) is 11.7 Å². The summed E-state index contributed by atoms with van der Waals surface area (Å²) in [6, 6.07) is 4.45. The van der Waals surface area contributed by atoms with Crippen molar-refractivity contribution in [1.29, 1.82) is 0 Å². The number of hydrogen-bond acceptors (Lipinski definition) is 4. The lowest BCUT2D eigenvalue weighted by Crippen LogP contribution is -2.44. The molecule has 0 bridgehead atoms. The summed E-state index contributed by atoms with van der Waals surface area (Å²) in [5, 5.41) is 3.94. The first-order valence-corrected chi connectivity index (χ1v) is 6.75. The highest BCUT2D eigenvalue weighted by Gasteiger charge is 2.39. The molecule has 0 saturated heterocycles. The van der Waals surface area contributed by atoms with E-state index >= 15 is 0 Å². The van der Waals surface area contributed by atoms with Crippen LogP contribution in [0.1, 0.15) is 25.1 Å². The van der Waals surface area contributed by atoms with Crippen LogP contribution in [0.5, 0.6) is 0 Å². The fourth-order valence-corrected chi connectivity index (χ4v) is 2.69. The number of hydrogen-bond donors (Lipinski definition) is 1. The van der Waals surface area contributed by atoms with E-state index in [9.17, 15) is 4.39 Å². The lowest BCUT2D eigenvalue weighted by Gasteiger charge is -2.34. The molecule has 1 aromatic carbocycles. The van der Waals surface area contributed by atoms with Crippen molar-refractivity contribution in [3.63, 3.8) is 0 Å². The Labute approximate surface area is 129 Å². The number of aromatic nitrogens is 2. The van der Waals surface area contributed by atoms with Crippen LogP contribution < -0.4 is 5.73 Å². The lowest BCUT2D eigenvalue weighted by atomic mass is 9.77. The molecule has 0 amide bonds. The average Bonchev–Trinajstić information content (AvgIpc) is 2.75. The van der Waals surface area contributed by atoms with Gasteiger partial charge in [-0.15, -0.1) is 12.4 Å². The Morgan fingerprint density at radius 3 is 2.68 bits per heavy atom. The van der Waals surface area contributed by atoms with Crippen LogP contribution in [0, 0.1) is 9.39 Å². The Bertz CT molecular complexity index is 600. The molecule has 0 spiro atoms. The molecule has 102 valence electrons. The number of nitrogens with two attached hydrogens (primary N) is 1. The average molecular weight is 396 g/mol. The first-order valence-electron chi connectivity index (χ1n) is 5.67. The Hall–Kier alpha value is -0.730. The Morgan fingerprint density at radius 1 is 1.37 bits per heavy atom. The molecular formula is C12H12ClFIN3O. The largest absolute Gasteiger partial charge is 0.334 e. The minimum atomic E-state index is -0.437. The Morgan fingerprint density at radius 2 is 2.11 bits per heavy atom. The van der Waals surface area contributed by atoms with E-state index in [1.54, 1.807) is 6.07 Å². The summed E-state index contributed by atoms with van der Waals surface area (Å²) in [6.45, 7) is 0. The van der Waals surface area contributed by atoms with Gasteiger partial charge in [-0.2, -0.15) is 4.98 Å². The Kier molecular flexibility index (Phi) is 4.12. The fourth-order valence-electron chi connectivity index (χ4n) is 1.98. The molecule has 3 rings (SSSR count). The van der Waals surface area contributed by atoms with Crippen molar-refractivity contribution < 1.29 is 8.91 Å². The number of halogens is 3. The first kappa shape index (κ1) is 14.7. The highest BCUT2D eigenvalue weighted by Crippen LogP contribution is 2.38. The second-order valence-corrected chi connectivity index (χ2v) is 5.72. The molecule has 19 heavy (non-hydrogen) atoms. The molecule has 0 unspecified atom stereocenters. The summed E-state index contributed by atoms with van der Waals surface area (Å²) in [5.41, 5.74) is 6.43. The molecule has 2 aromatic rings. The van der Waals surface area contributed by atoms with Gasteiger partial charge in [0.05, 0.1) is 11.1 Å². The monoisotopic (exact) mass is 395 g/mol. The van der Waals surface area contributed by atoms with E-state index in [2.05, 4.69) is 10.1 Å². The standard InChI is InChI=1S/C12H11FIN3O.ClH/c13-7-2-3-8(9(14)6-7)10-16-11(17-18-10)12(15)4-1-5-12;/h2-3,6H,1,4-5,15H2;1H. The van der Waals surface area contributed by atoms with E-state index in [-0.39, 0.29) is 18.2 Å². The third-order valence-electron chi connectivity index (χ3n) is 3.28. The minimum absolute atomic E-state index is 0. The molecule has 0 radical (unpaired) electrons. The van der Waals surface area contributed by atoms with Gasteiger partial charge < -0.3 is 10.3 Å². The first-order chi connectivity index (χ1) is 8.58. The van der Waals surface area contributed by atoms with Crippen molar-refractivity contribution in [1.82, 2.24) is 10.1 Å². The second kappa shape index (κ2) is 5.34. The Balaban J connectivity index is 0.00000133. The van der Waals surface area contributed by atoms with Gasteiger partial charge in [-0.3, -0.25) is 0 Å². The van der Waals surface area contributed by atoms with Crippen LogP contribution in [0.3, 0.4) is 0 Å². The molecule has 1 aromatic heterocycles. The van der Waals surface area contributed by atoms with Gasteiger partial charge in [0.1, 0.15) is 5.82 Å². The van der Waals surface area contributed by atoms with Gasteiger partial charge in [-0.05, 0) is 60.1 Å². The molecule has 1 fully saturated rings. The molecule has 0 aliphatic heterocycles. The smallest absolute Gasteiger partial charge is 0.259 e. The summed E-state index contributed by atoms with van der Waals surface area (Å²) < 4.78 is 19.0. The van der Waals surface area contributed by atoms with Gasteiger partial charge in [0.25, 0.3) is 5.89 Å².